The van der Waals surface area contributed by atoms with E-state index in [0.717, 1.165) is 0 Å². The predicted molar refractivity (Wildman–Crippen MR) is 76.5 cm³/mol. The third kappa shape index (κ3) is 3.36. The first-order chi connectivity index (χ1) is 9.49. The second kappa shape index (κ2) is 6.35. The van der Waals surface area contributed by atoms with Crippen molar-refractivity contribution >= 4 is 33.3 Å². The number of hydrogen-bond acceptors (Lipinski definition) is 3. The number of hydrogen-bond donors (Lipinski definition) is 0. The number of benzene rings is 1. The summed E-state index contributed by atoms with van der Waals surface area (Å²) in [5.41, 5.74) is 0.567. The second-order valence-electron chi connectivity index (χ2n) is 4.68. The van der Waals surface area contributed by atoms with E-state index >= 15 is 0 Å². The van der Waals surface area contributed by atoms with Gasteiger partial charge in [-0.05, 0) is 35.3 Å². The summed E-state index contributed by atoms with van der Waals surface area (Å²) in [6, 6.07) is 2.82. The molecule has 20 heavy (non-hydrogen) atoms. The molecular formula is C14H15BrFNO3. The molecular weight excluding hydrogens is 329 g/mol. The molecule has 0 saturated carbocycles. The van der Waals surface area contributed by atoms with Crippen LogP contribution in [-0.2, 0) is 9.59 Å². The van der Waals surface area contributed by atoms with Crippen molar-refractivity contribution in [1.82, 2.24) is 0 Å². The van der Waals surface area contributed by atoms with E-state index in [1.54, 1.807) is 11.0 Å². The first-order valence-corrected chi connectivity index (χ1v) is 7.20. The number of ketones is 1. The first-order valence-electron chi connectivity index (χ1n) is 6.40. The van der Waals surface area contributed by atoms with E-state index < -0.39 is 5.82 Å². The Hall–Kier alpha value is -1.43. The first kappa shape index (κ1) is 15.0. The average molecular weight is 344 g/mol. The van der Waals surface area contributed by atoms with Crippen LogP contribution in [0, 0.1) is 5.82 Å². The summed E-state index contributed by atoms with van der Waals surface area (Å²) >= 11 is 3.11. The molecule has 0 radical (unpaired) electrons. The lowest BCUT2D eigenvalue weighted by Gasteiger charge is -2.30. The lowest BCUT2D eigenvalue weighted by molar-refractivity contribution is -0.119. The summed E-state index contributed by atoms with van der Waals surface area (Å²) in [4.78, 5) is 24.7. The van der Waals surface area contributed by atoms with Gasteiger partial charge >= 0.3 is 0 Å². The number of Topliss-reactive ketones (excluding diaryl/α,β-unsaturated/α-hetero) is 1. The molecule has 0 spiro atoms. The molecule has 108 valence electrons. The number of carbonyl (C=O) groups is 2. The summed E-state index contributed by atoms with van der Waals surface area (Å²) in [6.45, 7) is 2.28. The van der Waals surface area contributed by atoms with Gasteiger partial charge in [0.25, 0.3) is 0 Å². The van der Waals surface area contributed by atoms with Gasteiger partial charge in [-0.25, -0.2) is 4.39 Å². The van der Waals surface area contributed by atoms with E-state index in [1.165, 1.54) is 13.0 Å². The SMILES string of the molecule is CC(=O)CCCC(=O)N1CCOc2cc(F)c(Br)cc21. The van der Waals surface area contributed by atoms with Crippen LogP contribution in [0.25, 0.3) is 0 Å². The Labute approximate surface area is 125 Å². The molecule has 4 nitrogen and oxygen atoms in total. The molecule has 1 aliphatic heterocycles. The number of rotatable bonds is 4. The van der Waals surface area contributed by atoms with Gasteiger partial charge in [-0.2, -0.15) is 0 Å². The van der Waals surface area contributed by atoms with Crippen molar-refractivity contribution in [2.24, 2.45) is 0 Å². The van der Waals surface area contributed by atoms with Gasteiger partial charge in [-0.3, -0.25) is 4.79 Å². The summed E-state index contributed by atoms with van der Waals surface area (Å²) < 4.78 is 19.1. The Morgan fingerprint density at radius 3 is 2.85 bits per heavy atom. The molecule has 1 amide bonds. The standard InChI is InChI=1S/C14H15BrFNO3/c1-9(18)3-2-4-14(19)17-5-6-20-13-8-11(16)10(15)7-12(13)17/h7-8H,2-6H2,1H3. The van der Waals surface area contributed by atoms with Gasteiger partial charge in [0.2, 0.25) is 5.91 Å². The molecule has 1 aromatic rings. The van der Waals surface area contributed by atoms with Gasteiger partial charge < -0.3 is 14.4 Å². The van der Waals surface area contributed by atoms with E-state index in [9.17, 15) is 14.0 Å². The maximum Gasteiger partial charge on any atom is 0.227 e. The summed E-state index contributed by atoms with van der Waals surface area (Å²) in [5, 5.41) is 0. The molecule has 1 aromatic carbocycles. The zero-order valence-corrected chi connectivity index (χ0v) is 12.7. The van der Waals surface area contributed by atoms with Gasteiger partial charge in [-0.15, -0.1) is 0 Å². The number of ether oxygens (including phenoxy) is 1. The fourth-order valence-electron chi connectivity index (χ4n) is 2.09. The van der Waals surface area contributed by atoms with Crippen molar-refractivity contribution in [3.05, 3.63) is 22.4 Å². The molecule has 6 heteroatoms. The van der Waals surface area contributed by atoms with E-state index in [1.807, 2.05) is 0 Å². The number of carbonyl (C=O) groups excluding carboxylic acids is 2. The van der Waals surface area contributed by atoms with Gasteiger partial charge in [0.15, 0.2) is 0 Å². The minimum Gasteiger partial charge on any atom is -0.489 e. The Morgan fingerprint density at radius 1 is 1.40 bits per heavy atom. The molecule has 0 saturated heterocycles. The number of amides is 1. The van der Waals surface area contributed by atoms with Crippen LogP contribution >= 0.6 is 15.9 Å². The highest BCUT2D eigenvalue weighted by Crippen LogP contribution is 2.36. The van der Waals surface area contributed by atoms with Gasteiger partial charge in [-0.1, -0.05) is 0 Å². The number of halogens is 2. The van der Waals surface area contributed by atoms with Crippen molar-refractivity contribution in [3.63, 3.8) is 0 Å². The minimum absolute atomic E-state index is 0.0741. The molecule has 0 bridgehead atoms. The van der Waals surface area contributed by atoms with E-state index in [-0.39, 0.29) is 11.7 Å². The highest BCUT2D eigenvalue weighted by atomic mass is 79.9. The molecule has 2 rings (SSSR count). The summed E-state index contributed by atoms with van der Waals surface area (Å²) in [5.74, 6) is -0.0502. The Balaban J connectivity index is 2.13. The van der Waals surface area contributed by atoms with Crippen molar-refractivity contribution < 1.29 is 18.7 Å². The van der Waals surface area contributed by atoms with Crippen LogP contribution < -0.4 is 9.64 Å². The predicted octanol–water partition coefficient (Wildman–Crippen LogP) is 3.07. The quantitative estimate of drug-likeness (QED) is 0.843. The number of nitrogens with zero attached hydrogens (tertiary/aromatic N) is 1. The topological polar surface area (TPSA) is 46.6 Å². The molecule has 0 aromatic heterocycles. The van der Waals surface area contributed by atoms with Crippen LogP contribution in [0.1, 0.15) is 26.2 Å². The van der Waals surface area contributed by atoms with Crippen molar-refractivity contribution in [2.45, 2.75) is 26.2 Å². The van der Waals surface area contributed by atoms with Crippen LogP contribution in [0.2, 0.25) is 0 Å². The smallest absolute Gasteiger partial charge is 0.227 e. The van der Waals surface area contributed by atoms with Gasteiger partial charge in [0.05, 0.1) is 16.7 Å². The van der Waals surface area contributed by atoms with Crippen molar-refractivity contribution in [2.75, 3.05) is 18.1 Å². The summed E-state index contributed by atoms with van der Waals surface area (Å²) in [6.07, 6.45) is 1.23. The average Bonchev–Trinajstić information content (AvgIpc) is 2.39. The minimum atomic E-state index is -0.422. The highest BCUT2D eigenvalue weighted by Gasteiger charge is 2.24. The van der Waals surface area contributed by atoms with Crippen LogP contribution in [0.4, 0.5) is 10.1 Å². The van der Waals surface area contributed by atoms with Gasteiger partial charge in [0, 0.05) is 18.9 Å². The number of anilines is 1. The molecule has 0 aliphatic carbocycles. The van der Waals surface area contributed by atoms with Crippen molar-refractivity contribution in [1.29, 1.82) is 0 Å². The van der Waals surface area contributed by atoms with Gasteiger partial charge in [0.1, 0.15) is 24.0 Å². The highest BCUT2D eigenvalue weighted by molar-refractivity contribution is 9.10. The molecule has 1 heterocycles. The fraction of sp³-hybridized carbons (Fsp3) is 0.429. The van der Waals surface area contributed by atoms with E-state index in [0.29, 0.717) is 48.3 Å². The fourth-order valence-corrected chi connectivity index (χ4v) is 2.43. The van der Waals surface area contributed by atoms with E-state index in [4.69, 9.17) is 4.74 Å². The summed E-state index contributed by atoms with van der Waals surface area (Å²) in [7, 11) is 0. The Morgan fingerprint density at radius 2 is 2.15 bits per heavy atom. The lowest BCUT2D eigenvalue weighted by atomic mass is 10.1. The zero-order chi connectivity index (χ0) is 14.7. The molecule has 0 N–H and O–H groups in total. The third-order valence-electron chi connectivity index (χ3n) is 3.09. The molecule has 1 aliphatic rings. The van der Waals surface area contributed by atoms with Crippen LogP contribution in [0.15, 0.2) is 16.6 Å². The zero-order valence-electron chi connectivity index (χ0n) is 11.1. The van der Waals surface area contributed by atoms with E-state index in [2.05, 4.69) is 15.9 Å². The second-order valence-corrected chi connectivity index (χ2v) is 5.54. The normalized spacial score (nSPS) is 13.7. The van der Waals surface area contributed by atoms with Crippen molar-refractivity contribution in [3.8, 4) is 5.75 Å². The molecule has 0 unspecified atom stereocenters. The van der Waals surface area contributed by atoms with Crippen LogP contribution in [0.3, 0.4) is 0 Å². The third-order valence-corrected chi connectivity index (χ3v) is 3.69. The Bertz CT molecular complexity index is 547. The molecule has 0 atom stereocenters. The lowest BCUT2D eigenvalue weighted by Crippen LogP contribution is -2.37. The monoisotopic (exact) mass is 343 g/mol. The Kier molecular flexibility index (Phi) is 4.75. The number of fused-ring (bicyclic) bond motifs is 1. The van der Waals surface area contributed by atoms with Crippen LogP contribution in [-0.4, -0.2) is 24.8 Å². The maximum absolute atomic E-state index is 13.5. The molecule has 0 fully saturated rings. The largest absolute Gasteiger partial charge is 0.489 e. The van der Waals surface area contributed by atoms with Crippen LogP contribution in [0.5, 0.6) is 5.75 Å². The maximum atomic E-state index is 13.5.